The van der Waals surface area contributed by atoms with Crippen LogP contribution in [0.15, 0.2) is 18.2 Å². The van der Waals surface area contributed by atoms with Crippen molar-refractivity contribution in [3.05, 3.63) is 29.6 Å². The number of amides is 1. The summed E-state index contributed by atoms with van der Waals surface area (Å²) >= 11 is 0. The number of rotatable bonds is 5. The van der Waals surface area contributed by atoms with Gasteiger partial charge in [0.15, 0.2) is 11.6 Å². The lowest BCUT2D eigenvalue weighted by atomic mass is 10.1. The second-order valence-corrected chi connectivity index (χ2v) is 5.42. The first-order chi connectivity index (χ1) is 9.67. The maximum Gasteiger partial charge on any atom is 0.225 e. The summed E-state index contributed by atoms with van der Waals surface area (Å²) in [6.07, 6.45) is 2.14. The molecule has 108 valence electrons. The van der Waals surface area contributed by atoms with Gasteiger partial charge in [-0.25, -0.2) is 4.39 Å². The second kappa shape index (κ2) is 5.40. The highest BCUT2D eigenvalue weighted by molar-refractivity contribution is 5.81. The van der Waals surface area contributed by atoms with Crippen molar-refractivity contribution in [3.63, 3.8) is 0 Å². The monoisotopic (exact) mass is 279 g/mol. The maximum absolute atomic E-state index is 13.5. The van der Waals surface area contributed by atoms with E-state index >= 15 is 0 Å². The third-order valence-electron chi connectivity index (χ3n) is 3.79. The molecule has 1 aliphatic carbocycles. The number of benzene rings is 1. The fourth-order valence-electron chi connectivity index (χ4n) is 2.33. The molecule has 0 spiro atoms. The van der Waals surface area contributed by atoms with Crippen LogP contribution in [0.3, 0.4) is 0 Å². The quantitative estimate of drug-likeness (QED) is 0.827. The molecule has 1 heterocycles. The van der Waals surface area contributed by atoms with Crippen molar-refractivity contribution in [2.45, 2.75) is 25.6 Å². The Morgan fingerprint density at radius 2 is 2.15 bits per heavy atom. The molecule has 0 atom stereocenters. The second-order valence-electron chi connectivity index (χ2n) is 5.42. The van der Waals surface area contributed by atoms with Crippen molar-refractivity contribution >= 4 is 5.91 Å². The molecular weight excluding hydrogens is 261 g/mol. The number of ether oxygens (including phenoxy) is 2. The first kappa shape index (κ1) is 13.4. The average molecular weight is 279 g/mol. The van der Waals surface area contributed by atoms with Crippen molar-refractivity contribution in [1.82, 2.24) is 4.90 Å². The van der Waals surface area contributed by atoms with E-state index in [4.69, 9.17) is 9.47 Å². The van der Waals surface area contributed by atoms with Crippen LogP contribution < -0.4 is 4.74 Å². The molecule has 1 aliphatic heterocycles. The number of likely N-dealkylation sites (tertiary alicyclic amines) is 1. The molecule has 1 aromatic rings. The van der Waals surface area contributed by atoms with Crippen molar-refractivity contribution in [2.75, 3.05) is 20.2 Å². The Hall–Kier alpha value is -1.62. The fraction of sp³-hybridized carbons (Fsp3) is 0.533. The zero-order chi connectivity index (χ0) is 14.1. The Kier molecular flexibility index (Phi) is 3.61. The molecular formula is C15H18FNO3. The van der Waals surface area contributed by atoms with E-state index in [-0.39, 0.29) is 29.5 Å². The Labute approximate surface area is 117 Å². The average Bonchev–Trinajstić information content (AvgIpc) is 3.21. The van der Waals surface area contributed by atoms with E-state index in [1.807, 2.05) is 4.90 Å². The zero-order valence-electron chi connectivity index (χ0n) is 11.5. The predicted octanol–water partition coefficient (Wildman–Crippen LogP) is 1.97. The minimum atomic E-state index is -0.382. The van der Waals surface area contributed by atoms with Gasteiger partial charge in [-0.15, -0.1) is 0 Å². The number of halogens is 1. The van der Waals surface area contributed by atoms with Crippen LogP contribution in [-0.2, 0) is 16.1 Å². The van der Waals surface area contributed by atoms with E-state index in [9.17, 15) is 9.18 Å². The number of hydrogen-bond donors (Lipinski definition) is 0. The molecule has 2 fully saturated rings. The summed E-state index contributed by atoms with van der Waals surface area (Å²) in [5.41, 5.74) is 0.773. The van der Waals surface area contributed by atoms with Crippen LogP contribution in [0.25, 0.3) is 0 Å². The molecule has 4 nitrogen and oxygen atoms in total. The van der Waals surface area contributed by atoms with Crippen LogP contribution in [0.5, 0.6) is 5.75 Å². The van der Waals surface area contributed by atoms with Gasteiger partial charge in [0.05, 0.1) is 19.8 Å². The van der Waals surface area contributed by atoms with Gasteiger partial charge < -0.3 is 14.4 Å². The zero-order valence-corrected chi connectivity index (χ0v) is 11.5. The number of carbonyl (C=O) groups is 1. The van der Waals surface area contributed by atoms with E-state index in [0.717, 1.165) is 18.4 Å². The molecule has 0 unspecified atom stereocenters. The Balaban J connectivity index is 1.44. The van der Waals surface area contributed by atoms with E-state index < -0.39 is 0 Å². The van der Waals surface area contributed by atoms with Gasteiger partial charge in [0, 0.05) is 19.0 Å². The van der Waals surface area contributed by atoms with Crippen LogP contribution in [-0.4, -0.2) is 37.1 Å². The highest BCUT2D eigenvalue weighted by Gasteiger charge is 2.39. The lowest BCUT2D eigenvalue weighted by Gasteiger charge is -2.39. The van der Waals surface area contributed by atoms with Gasteiger partial charge >= 0.3 is 0 Å². The predicted molar refractivity (Wildman–Crippen MR) is 70.8 cm³/mol. The van der Waals surface area contributed by atoms with E-state index in [0.29, 0.717) is 19.7 Å². The molecule has 0 N–H and O–H groups in total. The van der Waals surface area contributed by atoms with Gasteiger partial charge in [-0.05, 0) is 30.5 Å². The first-order valence-electron chi connectivity index (χ1n) is 6.90. The van der Waals surface area contributed by atoms with E-state index in [2.05, 4.69) is 0 Å². The molecule has 1 saturated heterocycles. The van der Waals surface area contributed by atoms with Crippen molar-refractivity contribution < 1.29 is 18.7 Å². The third-order valence-corrected chi connectivity index (χ3v) is 3.79. The Morgan fingerprint density at radius 1 is 1.40 bits per heavy atom. The van der Waals surface area contributed by atoms with Gasteiger partial charge in [-0.3, -0.25) is 4.79 Å². The lowest BCUT2D eigenvalue weighted by molar-refractivity contribution is -0.147. The van der Waals surface area contributed by atoms with E-state index in [1.165, 1.54) is 13.2 Å². The summed E-state index contributed by atoms with van der Waals surface area (Å²) in [5.74, 6) is 0.387. The SMILES string of the molecule is COc1ccc(COC2CN(C(=O)C3CC3)C2)cc1F. The van der Waals surface area contributed by atoms with Crippen LogP contribution in [0.2, 0.25) is 0 Å². The van der Waals surface area contributed by atoms with Crippen LogP contribution in [0.1, 0.15) is 18.4 Å². The van der Waals surface area contributed by atoms with Gasteiger partial charge in [-0.2, -0.15) is 0 Å². The molecule has 2 aliphatic rings. The molecule has 0 bridgehead atoms. The molecule has 20 heavy (non-hydrogen) atoms. The maximum atomic E-state index is 13.5. The number of carbonyl (C=O) groups excluding carboxylic acids is 1. The largest absolute Gasteiger partial charge is 0.494 e. The summed E-state index contributed by atoms with van der Waals surface area (Å²) in [5, 5.41) is 0. The molecule has 1 amide bonds. The number of hydrogen-bond acceptors (Lipinski definition) is 3. The molecule has 5 heteroatoms. The lowest BCUT2D eigenvalue weighted by Crippen LogP contribution is -2.55. The summed E-state index contributed by atoms with van der Waals surface area (Å²) in [7, 11) is 1.44. The molecule has 0 radical (unpaired) electrons. The van der Waals surface area contributed by atoms with Gasteiger partial charge in [0.2, 0.25) is 5.91 Å². The molecule has 1 saturated carbocycles. The highest BCUT2D eigenvalue weighted by atomic mass is 19.1. The standard InChI is InChI=1S/C15H18FNO3/c1-19-14-5-2-10(6-13(14)16)9-20-12-7-17(8-12)15(18)11-3-4-11/h2,5-6,11-12H,3-4,7-9H2,1H3. The van der Waals surface area contributed by atoms with Crippen molar-refractivity contribution in [2.24, 2.45) is 5.92 Å². The van der Waals surface area contributed by atoms with Gasteiger partial charge in [-0.1, -0.05) is 6.07 Å². The first-order valence-corrected chi connectivity index (χ1v) is 6.90. The van der Waals surface area contributed by atoms with Crippen LogP contribution in [0.4, 0.5) is 4.39 Å². The Morgan fingerprint density at radius 3 is 2.75 bits per heavy atom. The summed E-state index contributed by atoms with van der Waals surface area (Å²) in [6, 6.07) is 4.80. The van der Waals surface area contributed by atoms with Crippen molar-refractivity contribution in [1.29, 1.82) is 0 Å². The van der Waals surface area contributed by atoms with Gasteiger partial charge in [0.25, 0.3) is 0 Å². The van der Waals surface area contributed by atoms with E-state index in [1.54, 1.807) is 12.1 Å². The topological polar surface area (TPSA) is 38.8 Å². The van der Waals surface area contributed by atoms with Crippen molar-refractivity contribution in [3.8, 4) is 5.75 Å². The third kappa shape index (κ3) is 2.77. The highest BCUT2D eigenvalue weighted by Crippen LogP contribution is 2.32. The summed E-state index contributed by atoms with van der Waals surface area (Å²) in [6.45, 7) is 1.68. The summed E-state index contributed by atoms with van der Waals surface area (Å²) < 4.78 is 24.0. The smallest absolute Gasteiger partial charge is 0.225 e. The van der Waals surface area contributed by atoms with Gasteiger partial charge in [0.1, 0.15) is 0 Å². The number of methoxy groups -OCH3 is 1. The molecule has 3 rings (SSSR count). The Bertz CT molecular complexity index is 510. The minimum absolute atomic E-state index is 0.0721. The van der Waals surface area contributed by atoms with Crippen LogP contribution in [0, 0.1) is 11.7 Å². The number of nitrogens with zero attached hydrogens (tertiary/aromatic N) is 1. The van der Waals surface area contributed by atoms with Crippen LogP contribution >= 0.6 is 0 Å². The molecule has 0 aromatic heterocycles. The normalized spacial score (nSPS) is 18.8. The minimum Gasteiger partial charge on any atom is -0.494 e. The summed E-state index contributed by atoms with van der Waals surface area (Å²) in [4.78, 5) is 13.6. The fourth-order valence-corrected chi connectivity index (χ4v) is 2.33. The molecule has 1 aromatic carbocycles.